The largest absolute Gasteiger partial charge is 0.489 e. The lowest BCUT2D eigenvalue weighted by atomic mass is 10.1. The molecule has 1 saturated heterocycles. The van der Waals surface area contributed by atoms with Crippen molar-refractivity contribution in [2.45, 2.75) is 17.9 Å². The van der Waals surface area contributed by atoms with Gasteiger partial charge in [0.15, 0.2) is 11.4 Å². The molecule has 2 aliphatic heterocycles. The lowest BCUT2D eigenvalue weighted by molar-refractivity contribution is 0.101. The number of aryl methyl sites for hydroxylation is 2. The standard InChI is InChI=1S/C19H21FN4O6S/c1-10-5-12(3-4-13(10)20)21-18(25)16-17-15(8-23(16)2)31(28,29)22-14-7-24(19(26)27)6-11(14)9-30-17/h3-5,8,11,14,22H,6-7,9H2,1-2H3,(H,21,25)(H,26,27)/t11-,14+/m1/s1. The van der Waals surface area contributed by atoms with Crippen molar-refractivity contribution in [3.63, 3.8) is 0 Å². The molecule has 3 heterocycles. The number of amides is 2. The number of halogens is 1. The number of hydrogen-bond donors (Lipinski definition) is 3. The van der Waals surface area contributed by atoms with Gasteiger partial charge in [-0.25, -0.2) is 22.3 Å². The first-order valence-electron chi connectivity index (χ1n) is 9.46. The molecule has 4 rings (SSSR count). The molecule has 0 unspecified atom stereocenters. The predicted octanol–water partition coefficient (Wildman–Crippen LogP) is 1.37. The molecule has 2 atom stereocenters. The SMILES string of the molecule is Cc1cc(NC(=O)c2c3c(cn2C)S(=O)(=O)N[C@H]2CN(C(=O)O)C[C@@H]2CO3)ccc1F. The molecule has 2 aliphatic rings. The second-order valence-electron chi connectivity index (χ2n) is 7.69. The van der Waals surface area contributed by atoms with Crippen molar-refractivity contribution in [2.75, 3.05) is 25.0 Å². The Morgan fingerprint density at radius 3 is 2.74 bits per heavy atom. The zero-order valence-corrected chi connectivity index (χ0v) is 17.6. The van der Waals surface area contributed by atoms with Crippen molar-refractivity contribution in [1.29, 1.82) is 0 Å². The Balaban J connectivity index is 1.67. The average Bonchev–Trinajstić information content (AvgIpc) is 3.22. The topological polar surface area (TPSA) is 130 Å². The molecule has 3 N–H and O–H groups in total. The number of carbonyl (C=O) groups is 2. The molecule has 0 saturated carbocycles. The Morgan fingerprint density at radius 1 is 1.32 bits per heavy atom. The molecule has 166 valence electrons. The Hall–Kier alpha value is -3.12. The van der Waals surface area contributed by atoms with Crippen LogP contribution in [0.5, 0.6) is 5.75 Å². The van der Waals surface area contributed by atoms with Crippen LogP contribution in [0.15, 0.2) is 29.3 Å². The van der Waals surface area contributed by atoms with Gasteiger partial charge in [0.25, 0.3) is 5.91 Å². The lowest BCUT2D eigenvalue weighted by Gasteiger charge is -2.23. The molecule has 1 fully saturated rings. The number of nitrogens with zero attached hydrogens (tertiary/aromatic N) is 2. The minimum Gasteiger partial charge on any atom is -0.489 e. The van der Waals surface area contributed by atoms with E-state index in [4.69, 9.17) is 4.74 Å². The van der Waals surface area contributed by atoms with E-state index in [0.29, 0.717) is 11.3 Å². The van der Waals surface area contributed by atoms with E-state index in [9.17, 15) is 27.5 Å². The van der Waals surface area contributed by atoms with E-state index in [1.807, 2.05) is 0 Å². The third-order valence-corrected chi connectivity index (χ3v) is 6.97. The smallest absolute Gasteiger partial charge is 0.407 e. The summed E-state index contributed by atoms with van der Waals surface area (Å²) in [6.45, 7) is 1.72. The first-order valence-corrected chi connectivity index (χ1v) is 10.9. The molecular weight excluding hydrogens is 431 g/mol. The fourth-order valence-electron chi connectivity index (χ4n) is 3.87. The molecule has 0 spiro atoms. The monoisotopic (exact) mass is 452 g/mol. The van der Waals surface area contributed by atoms with Gasteiger partial charge < -0.3 is 24.6 Å². The molecule has 2 aromatic rings. The van der Waals surface area contributed by atoms with Crippen LogP contribution in [0.25, 0.3) is 0 Å². The molecule has 0 aliphatic carbocycles. The number of rotatable bonds is 2. The minimum atomic E-state index is -4.07. The molecule has 12 heteroatoms. The molecular formula is C19H21FN4O6S. The molecule has 0 radical (unpaired) electrons. The van der Waals surface area contributed by atoms with Gasteiger partial charge in [-0.3, -0.25) is 4.79 Å². The number of fused-ring (bicyclic) bond motifs is 2. The normalized spacial score (nSPS) is 22.0. The first kappa shape index (κ1) is 21.1. The van der Waals surface area contributed by atoms with Crippen LogP contribution in [-0.4, -0.2) is 60.7 Å². The van der Waals surface area contributed by atoms with E-state index in [1.54, 1.807) is 6.92 Å². The number of ether oxygens (including phenoxy) is 1. The zero-order chi connectivity index (χ0) is 22.5. The van der Waals surface area contributed by atoms with Crippen LogP contribution >= 0.6 is 0 Å². The summed E-state index contributed by atoms with van der Waals surface area (Å²) >= 11 is 0. The van der Waals surface area contributed by atoms with Gasteiger partial charge in [-0.05, 0) is 30.7 Å². The Labute approximate surface area is 177 Å². The number of aromatic nitrogens is 1. The van der Waals surface area contributed by atoms with Gasteiger partial charge in [-0.2, -0.15) is 0 Å². The first-order chi connectivity index (χ1) is 14.6. The van der Waals surface area contributed by atoms with E-state index >= 15 is 0 Å². The van der Waals surface area contributed by atoms with Crippen LogP contribution in [-0.2, 0) is 17.1 Å². The van der Waals surface area contributed by atoms with Crippen molar-refractivity contribution in [2.24, 2.45) is 13.0 Å². The number of nitrogens with one attached hydrogen (secondary N) is 2. The third-order valence-electron chi connectivity index (χ3n) is 5.48. The quantitative estimate of drug-likeness (QED) is 0.631. The summed E-state index contributed by atoms with van der Waals surface area (Å²) in [6, 6.07) is 3.45. The molecule has 10 nitrogen and oxygen atoms in total. The highest BCUT2D eigenvalue weighted by atomic mass is 32.2. The fraction of sp³-hybridized carbons (Fsp3) is 0.368. The minimum absolute atomic E-state index is 0.0159. The van der Waals surface area contributed by atoms with Gasteiger partial charge in [-0.15, -0.1) is 0 Å². The number of sulfonamides is 1. The highest BCUT2D eigenvalue weighted by Crippen LogP contribution is 2.34. The fourth-order valence-corrected chi connectivity index (χ4v) is 5.35. The maximum absolute atomic E-state index is 13.5. The van der Waals surface area contributed by atoms with E-state index in [0.717, 1.165) is 4.90 Å². The van der Waals surface area contributed by atoms with Crippen LogP contribution in [0.3, 0.4) is 0 Å². The summed E-state index contributed by atoms with van der Waals surface area (Å²) < 4.78 is 49.1. The molecule has 1 aromatic carbocycles. The van der Waals surface area contributed by atoms with Crippen LogP contribution < -0.4 is 14.8 Å². The predicted molar refractivity (Wildman–Crippen MR) is 107 cm³/mol. The van der Waals surface area contributed by atoms with Crippen LogP contribution in [0, 0.1) is 18.7 Å². The Morgan fingerprint density at radius 2 is 2.06 bits per heavy atom. The molecule has 1 aromatic heterocycles. The van der Waals surface area contributed by atoms with Crippen LogP contribution in [0.2, 0.25) is 0 Å². The Bertz CT molecular complexity index is 1180. The maximum atomic E-state index is 13.5. The number of benzene rings is 1. The maximum Gasteiger partial charge on any atom is 0.407 e. The number of likely N-dealkylation sites (tertiary alicyclic amines) is 1. The van der Waals surface area contributed by atoms with Crippen molar-refractivity contribution >= 4 is 27.7 Å². The summed E-state index contributed by atoms with van der Waals surface area (Å²) in [5.41, 5.74) is 0.672. The van der Waals surface area contributed by atoms with Crippen LogP contribution in [0.1, 0.15) is 16.1 Å². The van der Waals surface area contributed by atoms with Gasteiger partial charge in [-0.1, -0.05) is 0 Å². The van der Waals surface area contributed by atoms with Crippen molar-refractivity contribution in [3.05, 3.63) is 41.5 Å². The van der Waals surface area contributed by atoms with Crippen molar-refractivity contribution in [3.8, 4) is 5.75 Å². The summed E-state index contributed by atoms with van der Waals surface area (Å²) in [5, 5.41) is 11.9. The summed E-state index contributed by atoms with van der Waals surface area (Å²) in [5.74, 6) is -1.56. The third kappa shape index (κ3) is 3.83. The van der Waals surface area contributed by atoms with Gasteiger partial charge in [0.05, 0.1) is 6.61 Å². The number of hydrogen-bond acceptors (Lipinski definition) is 5. The van der Waals surface area contributed by atoms with Gasteiger partial charge in [0, 0.05) is 44.0 Å². The summed E-state index contributed by atoms with van der Waals surface area (Å²) in [6.07, 6.45) is 0.131. The van der Waals surface area contributed by atoms with Crippen LogP contribution in [0.4, 0.5) is 14.9 Å². The van der Waals surface area contributed by atoms with E-state index in [2.05, 4.69) is 10.0 Å². The number of anilines is 1. The molecule has 31 heavy (non-hydrogen) atoms. The number of carbonyl (C=O) groups excluding carboxylic acids is 1. The van der Waals surface area contributed by atoms with E-state index in [-0.39, 0.29) is 36.0 Å². The van der Waals surface area contributed by atoms with E-state index < -0.39 is 39.8 Å². The van der Waals surface area contributed by atoms with Crippen molar-refractivity contribution in [1.82, 2.24) is 14.2 Å². The molecule has 0 bridgehead atoms. The van der Waals surface area contributed by atoms with E-state index in [1.165, 1.54) is 36.0 Å². The lowest BCUT2D eigenvalue weighted by Crippen LogP contribution is -2.43. The summed E-state index contributed by atoms with van der Waals surface area (Å²) in [7, 11) is -2.56. The van der Waals surface area contributed by atoms with Gasteiger partial charge in [0.2, 0.25) is 10.0 Å². The van der Waals surface area contributed by atoms with Gasteiger partial charge in [0.1, 0.15) is 10.7 Å². The van der Waals surface area contributed by atoms with Crippen molar-refractivity contribution < 1.29 is 32.2 Å². The highest BCUT2D eigenvalue weighted by Gasteiger charge is 2.42. The Kier molecular flexibility index (Phi) is 5.13. The highest BCUT2D eigenvalue weighted by molar-refractivity contribution is 7.89. The summed E-state index contributed by atoms with van der Waals surface area (Å²) in [4.78, 5) is 25.1. The molecule has 2 amide bonds. The van der Waals surface area contributed by atoms with Gasteiger partial charge >= 0.3 is 6.09 Å². The second kappa shape index (κ2) is 7.54. The zero-order valence-electron chi connectivity index (χ0n) is 16.8. The average molecular weight is 452 g/mol. The second-order valence-corrected chi connectivity index (χ2v) is 9.37. The number of carboxylic acid groups (broad SMARTS) is 1.